The Labute approximate surface area is 149 Å². The van der Waals surface area contributed by atoms with Crippen LogP contribution in [0.3, 0.4) is 0 Å². The van der Waals surface area contributed by atoms with Gasteiger partial charge in [0.05, 0.1) is 29.7 Å². The van der Waals surface area contributed by atoms with E-state index in [4.69, 9.17) is 5.26 Å². The molecule has 128 valence electrons. The number of carbonyl (C=O) groups excluding carboxylic acids is 2. The summed E-state index contributed by atoms with van der Waals surface area (Å²) in [5, 5.41) is 32.3. The van der Waals surface area contributed by atoms with Crippen molar-refractivity contribution in [2.75, 3.05) is 6.54 Å². The number of rotatable bonds is 7. The summed E-state index contributed by atoms with van der Waals surface area (Å²) in [7, 11) is -1.67. The molecule has 0 saturated heterocycles. The lowest BCUT2D eigenvalue weighted by atomic mass is 9.75. The molecule has 9 heteroatoms. The van der Waals surface area contributed by atoms with Crippen LogP contribution >= 0.6 is 15.9 Å². The van der Waals surface area contributed by atoms with Crippen LogP contribution in [0.15, 0.2) is 22.7 Å². The van der Waals surface area contributed by atoms with Crippen molar-refractivity contribution in [1.29, 1.82) is 5.26 Å². The van der Waals surface area contributed by atoms with Crippen LogP contribution in [-0.2, 0) is 4.79 Å². The third-order valence-electron chi connectivity index (χ3n) is 3.18. The Morgan fingerprint density at radius 1 is 1.38 bits per heavy atom. The summed E-state index contributed by atoms with van der Waals surface area (Å²) >= 11 is 3.22. The quantitative estimate of drug-likeness (QED) is 0.503. The predicted octanol–water partition coefficient (Wildman–Crippen LogP) is 0.593. The Morgan fingerprint density at radius 3 is 2.58 bits per heavy atom. The first-order chi connectivity index (χ1) is 11.2. The second kappa shape index (κ2) is 9.42. The maximum atomic E-state index is 12.1. The van der Waals surface area contributed by atoms with E-state index in [2.05, 4.69) is 26.6 Å². The average molecular weight is 396 g/mol. The Kier molecular flexibility index (Phi) is 7.91. The molecule has 24 heavy (non-hydrogen) atoms. The van der Waals surface area contributed by atoms with Gasteiger partial charge in [-0.2, -0.15) is 5.26 Å². The van der Waals surface area contributed by atoms with Crippen LogP contribution in [-0.4, -0.2) is 41.5 Å². The molecular weight excluding hydrogens is 377 g/mol. The fourth-order valence-corrected chi connectivity index (χ4v) is 2.47. The van der Waals surface area contributed by atoms with Gasteiger partial charge in [0.2, 0.25) is 5.91 Å². The summed E-state index contributed by atoms with van der Waals surface area (Å²) in [4.78, 5) is 24.0. The number of carbonyl (C=O) groups is 2. The fraction of sp³-hybridized carbons (Fsp3) is 0.400. The van der Waals surface area contributed by atoms with E-state index in [9.17, 15) is 19.6 Å². The first-order valence-electron chi connectivity index (χ1n) is 7.38. The van der Waals surface area contributed by atoms with Gasteiger partial charge in [0.15, 0.2) is 0 Å². The first kappa shape index (κ1) is 20.2. The summed E-state index contributed by atoms with van der Waals surface area (Å²) in [5.41, 5.74) is 0.566. The van der Waals surface area contributed by atoms with Crippen LogP contribution in [0.25, 0.3) is 0 Å². The van der Waals surface area contributed by atoms with Crippen molar-refractivity contribution in [3.63, 3.8) is 0 Å². The van der Waals surface area contributed by atoms with Crippen LogP contribution in [0.5, 0.6) is 0 Å². The van der Waals surface area contributed by atoms with Gasteiger partial charge in [0.25, 0.3) is 5.91 Å². The third-order valence-corrected chi connectivity index (χ3v) is 3.87. The maximum Gasteiger partial charge on any atom is 0.475 e. The predicted molar refractivity (Wildman–Crippen MR) is 92.8 cm³/mol. The van der Waals surface area contributed by atoms with E-state index >= 15 is 0 Å². The molecule has 0 aliphatic rings. The molecule has 0 saturated carbocycles. The maximum absolute atomic E-state index is 12.1. The first-order valence-corrected chi connectivity index (χ1v) is 8.17. The molecule has 1 rings (SSSR count). The van der Waals surface area contributed by atoms with Gasteiger partial charge >= 0.3 is 7.12 Å². The average Bonchev–Trinajstić information content (AvgIpc) is 2.52. The molecule has 1 aromatic rings. The van der Waals surface area contributed by atoms with E-state index < -0.39 is 24.9 Å². The molecule has 0 bridgehead atoms. The van der Waals surface area contributed by atoms with Gasteiger partial charge in [-0.05, 0) is 46.5 Å². The fourth-order valence-electron chi connectivity index (χ4n) is 2.05. The summed E-state index contributed by atoms with van der Waals surface area (Å²) in [6.45, 7) is 3.47. The lowest BCUT2D eigenvalue weighted by Crippen LogP contribution is -2.50. The highest BCUT2D eigenvalue weighted by Crippen LogP contribution is 2.18. The van der Waals surface area contributed by atoms with Crippen molar-refractivity contribution >= 4 is 34.9 Å². The Morgan fingerprint density at radius 2 is 2.04 bits per heavy atom. The summed E-state index contributed by atoms with van der Waals surface area (Å²) < 4.78 is 0.503. The van der Waals surface area contributed by atoms with Crippen molar-refractivity contribution in [2.45, 2.75) is 26.2 Å². The summed E-state index contributed by atoms with van der Waals surface area (Å²) in [6, 6.07) is 6.49. The number of nitrogens with one attached hydrogen (secondary N) is 2. The van der Waals surface area contributed by atoms with Crippen LogP contribution < -0.4 is 10.6 Å². The highest BCUT2D eigenvalue weighted by Gasteiger charge is 2.26. The lowest BCUT2D eigenvalue weighted by Gasteiger charge is -2.19. The highest BCUT2D eigenvalue weighted by atomic mass is 79.9. The number of hydrogen-bond acceptors (Lipinski definition) is 5. The molecule has 0 fully saturated rings. The van der Waals surface area contributed by atoms with Crippen molar-refractivity contribution in [3.8, 4) is 6.07 Å². The van der Waals surface area contributed by atoms with E-state index in [1.165, 1.54) is 6.07 Å². The van der Waals surface area contributed by atoms with Gasteiger partial charge in [0, 0.05) is 4.47 Å². The van der Waals surface area contributed by atoms with E-state index in [-0.39, 0.29) is 18.0 Å². The highest BCUT2D eigenvalue weighted by molar-refractivity contribution is 9.10. The number of benzene rings is 1. The van der Waals surface area contributed by atoms with Crippen LogP contribution in [0.1, 0.15) is 36.2 Å². The Hall–Kier alpha value is -1.89. The van der Waals surface area contributed by atoms with E-state index in [1.807, 2.05) is 19.9 Å². The summed E-state index contributed by atoms with van der Waals surface area (Å²) in [5.74, 6) is -1.69. The van der Waals surface area contributed by atoms with Crippen LogP contribution in [0.2, 0.25) is 0 Å². The standard InChI is InChI=1S/C15H19BBrN3O4/c1-9(2)5-13(16(23)24)20-14(21)8-19-15(22)11-6-10(7-18)3-4-12(11)17/h3-4,6,9,13,23-24H,5,8H2,1-2H3,(H,19,22)(H,20,21)/t13-/m0/s1. The molecule has 1 atom stereocenters. The van der Waals surface area contributed by atoms with E-state index in [0.717, 1.165) is 0 Å². The molecule has 0 spiro atoms. The SMILES string of the molecule is CC(C)C[C@H](NC(=O)CNC(=O)c1cc(C#N)ccc1Br)B(O)O. The van der Waals surface area contributed by atoms with Gasteiger partial charge in [-0.1, -0.05) is 13.8 Å². The van der Waals surface area contributed by atoms with Crippen molar-refractivity contribution in [3.05, 3.63) is 33.8 Å². The second-order valence-electron chi connectivity index (χ2n) is 5.71. The zero-order valence-corrected chi connectivity index (χ0v) is 15.0. The second-order valence-corrected chi connectivity index (χ2v) is 6.56. The molecule has 0 aromatic heterocycles. The van der Waals surface area contributed by atoms with Gasteiger partial charge in [0.1, 0.15) is 0 Å². The van der Waals surface area contributed by atoms with Crippen molar-refractivity contribution < 1.29 is 19.6 Å². The minimum absolute atomic E-state index is 0.163. The zero-order valence-electron chi connectivity index (χ0n) is 13.4. The summed E-state index contributed by atoms with van der Waals surface area (Å²) in [6.07, 6.45) is 0.396. The molecule has 0 heterocycles. The van der Waals surface area contributed by atoms with E-state index in [1.54, 1.807) is 12.1 Å². The van der Waals surface area contributed by atoms with Crippen molar-refractivity contribution in [2.24, 2.45) is 5.92 Å². The molecule has 0 aliphatic carbocycles. The topological polar surface area (TPSA) is 122 Å². The number of nitriles is 1. The largest absolute Gasteiger partial charge is 0.475 e. The lowest BCUT2D eigenvalue weighted by molar-refractivity contribution is -0.120. The molecule has 0 radical (unpaired) electrons. The minimum Gasteiger partial charge on any atom is -0.426 e. The molecule has 4 N–H and O–H groups in total. The molecule has 1 aromatic carbocycles. The third kappa shape index (κ3) is 6.32. The molecule has 7 nitrogen and oxygen atoms in total. The number of amides is 2. The number of hydrogen-bond donors (Lipinski definition) is 4. The molecule has 0 unspecified atom stereocenters. The molecule has 0 aliphatic heterocycles. The van der Waals surface area contributed by atoms with Crippen LogP contribution in [0.4, 0.5) is 0 Å². The van der Waals surface area contributed by atoms with Gasteiger partial charge in [-0.3, -0.25) is 9.59 Å². The van der Waals surface area contributed by atoms with Gasteiger partial charge < -0.3 is 20.7 Å². The van der Waals surface area contributed by atoms with Crippen molar-refractivity contribution in [1.82, 2.24) is 10.6 Å². The smallest absolute Gasteiger partial charge is 0.426 e. The zero-order chi connectivity index (χ0) is 18.3. The van der Waals surface area contributed by atoms with E-state index in [0.29, 0.717) is 16.5 Å². The monoisotopic (exact) mass is 395 g/mol. The van der Waals surface area contributed by atoms with Gasteiger partial charge in [-0.15, -0.1) is 0 Å². The number of halogens is 1. The molecule has 2 amide bonds. The van der Waals surface area contributed by atoms with Gasteiger partial charge in [-0.25, -0.2) is 0 Å². The van der Waals surface area contributed by atoms with Crippen LogP contribution in [0, 0.1) is 17.2 Å². The normalized spacial score (nSPS) is 11.5. The Bertz CT molecular complexity index is 646. The molecular formula is C15H19BBrN3O4. The number of nitrogens with zero attached hydrogens (tertiary/aromatic N) is 1. The minimum atomic E-state index is -1.67. The Balaban J connectivity index is 2.63.